The van der Waals surface area contributed by atoms with Gasteiger partial charge in [-0.25, -0.2) is 4.21 Å². The topological polar surface area (TPSA) is 29.4 Å². The fourth-order valence-electron chi connectivity index (χ4n) is 1.26. The van der Waals surface area contributed by atoms with Crippen LogP contribution in [-0.2, 0) is 11.0 Å². The Bertz CT molecular complexity index is 537. The van der Waals surface area contributed by atoms with Crippen molar-refractivity contribution in [2.45, 2.75) is 4.90 Å². The van der Waals surface area contributed by atoms with Gasteiger partial charge >= 0.3 is 0 Å². The molecule has 0 aromatic heterocycles. The molecule has 0 amide bonds. The van der Waals surface area contributed by atoms with E-state index in [2.05, 4.69) is 4.40 Å². The van der Waals surface area contributed by atoms with Gasteiger partial charge in [-0.05, 0) is 29.8 Å². The van der Waals surface area contributed by atoms with E-state index in [1.165, 1.54) is 0 Å². The molecule has 0 aliphatic rings. The molecule has 0 aliphatic heterocycles. The Morgan fingerprint density at radius 2 is 1.65 bits per heavy atom. The minimum atomic E-state index is -1.38. The number of nitrogens with zero attached hydrogens (tertiary/aromatic N) is 1. The summed E-state index contributed by atoms with van der Waals surface area (Å²) in [5, 5.41) is 0.623. The van der Waals surface area contributed by atoms with E-state index in [1.807, 2.05) is 30.3 Å². The Morgan fingerprint density at radius 1 is 1.00 bits per heavy atom. The highest BCUT2D eigenvalue weighted by molar-refractivity contribution is 7.83. The number of halogens is 1. The van der Waals surface area contributed by atoms with Crippen LogP contribution in [0.1, 0.15) is 5.56 Å². The van der Waals surface area contributed by atoms with Gasteiger partial charge in [0, 0.05) is 11.2 Å². The SMILES string of the molecule is O=[S@@](N=Cc1ccccc1)c1ccc(Cl)cc1. The molecule has 0 saturated carbocycles. The van der Waals surface area contributed by atoms with Crippen LogP contribution in [0.5, 0.6) is 0 Å². The van der Waals surface area contributed by atoms with Gasteiger partial charge < -0.3 is 0 Å². The van der Waals surface area contributed by atoms with Gasteiger partial charge in [0.2, 0.25) is 0 Å². The zero-order valence-electron chi connectivity index (χ0n) is 8.92. The van der Waals surface area contributed by atoms with Crippen LogP contribution in [0.25, 0.3) is 0 Å². The second kappa shape index (κ2) is 5.75. The van der Waals surface area contributed by atoms with E-state index in [9.17, 15) is 4.21 Å². The number of hydrogen-bond acceptors (Lipinski definition) is 1. The summed E-state index contributed by atoms with van der Waals surface area (Å²) in [6, 6.07) is 16.4. The first-order valence-electron chi connectivity index (χ1n) is 5.02. The molecule has 86 valence electrons. The minimum Gasteiger partial charge on any atom is -0.229 e. The molecule has 0 saturated heterocycles. The van der Waals surface area contributed by atoms with E-state index < -0.39 is 11.0 Å². The van der Waals surface area contributed by atoms with Crippen LogP contribution in [-0.4, -0.2) is 10.4 Å². The zero-order chi connectivity index (χ0) is 12.1. The third-order valence-corrected chi connectivity index (χ3v) is 3.34. The van der Waals surface area contributed by atoms with Crippen LogP contribution in [0.15, 0.2) is 63.9 Å². The first kappa shape index (κ1) is 12.0. The van der Waals surface area contributed by atoms with E-state index in [1.54, 1.807) is 30.5 Å². The molecule has 0 fully saturated rings. The van der Waals surface area contributed by atoms with Crippen molar-refractivity contribution in [2.24, 2.45) is 4.40 Å². The third kappa shape index (κ3) is 3.51. The average Bonchev–Trinajstić information content (AvgIpc) is 2.38. The van der Waals surface area contributed by atoms with Gasteiger partial charge in [0.1, 0.15) is 0 Å². The van der Waals surface area contributed by atoms with Crippen molar-refractivity contribution in [3.8, 4) is 0 Å². The van der Waals surface area contributed by atoms with Crippen molar-refractivity contribution in [3.63, 3.8) is 0 Å². The van der Waals surface area contributed by atoms with Crippen LogP contribution >= 0.6 is 11.6 Å². The molecule has 0 unspecified atom stereocenters. The zero-order valence-corrected chi connectivity index (χ0v) is 10.5. The lowest BCUT2D eigenvalue weighted by atomic mass is 10.2. The lowest BCUT2D eigenvalue weighted by Gasteiger charge is -1.96. The van der Waals surface area contributed by atoms with Gasteiger partial charge in [0.05, 0.1) is 4.90 Å². The molecule has 2 nitrogen and oxygen atoms in total. The molecular weight excluding hydrogens is 254 g/mol. The summed E-state index contributed by atoms with van der Waals surface area (Å²) in [7, 11) is -1.38. The third-order valence-electron chi connectivity index (χ3n) is 2.11. The summed E-state index contributed by atoms with van der Waals surface area (Å²) in [5.41, 5.74) is 0.926. The van der Waals surface area contributed by atoms with Gasteiger partial charge in [-0.2, -0.15) is 4.40 Å². The molecule has 0 bridgehead atoms. The van der Waals surface area contributed by atoms with E-state index in [4.69, 9.17) is 11.6 Å². The monoisotopic (exact) mass is 263 g/mol. The van der Waals surface area contributed by atoms with Crippen molar-refractivity contribution in [2.75, 3.05) is 0 Å². The maximum absolute atomic E-state index is 11.8. The summed E-state index contributed by atoms with van der Waals surface area (Å²) >= 11 is 5.75. The minimum absolute atomic E-state index is 0.623. The first-order chi connectivity index (χ1) is 8.25. The summed E-state index contributed by atoms with van der Waals surface area (Å²) in [5.74, 6) is 0. The highest BCUT2D eigenvalue weighted by atomic mass is 35.5. The number of rotatable bonds is 3. The van der Waals surface area contributed by atoms with Crippen LogP contribution in [0, 0.1) is 0 Å². The Balaban J connectivity index is 2.12. The van der Waals surface area contributed by atoms with Gasteiger partial charge in [0.25, 0.3) is 0 Å². The van der Waals surface area contributed by atoms with Crippen LogP contribution in [0.2, 0.25) is 5.02 Å². The molecule has 17 heavy (non-hydrogen) atoms. The summed E-state index contributed by atoms with van der Waals surface area (Å²) in [6.07, 6.45) is 1.60. The second-order valence-electron chi connectivity index (χ2n) is 3.35. The highest BCUT2D eigenvalue weighted by Gasteiger charge is 2.00. The Morgan fingerprint density at radius 3 is 2.29 bits per heavy atom. The van der Waals surface area contributed by atoms with Crippen LogP contribution < -0.4 is 0 Å². The molecule has 4 heteroatoms. The maximum atomic E-state index is 11.8. The van der Waals surface area contributed by atoms with E-state index >= 15 is 0 Å². The normalized spacial score (nSPS) is 12.8. The maximum Gasteiger partial charge on any atom is 0.172 e. The van der Waals surface area contributed by atoms with Crippen molar-refractivity contribution in [1.29, 1.82) is 0 Å². The predicted octanol–water partition coefficient (Wildman–Crippen LogP) is 3.48. The lowest BCUT2D eigenvalue weighted by molar-refractivity contribution is 0.684. The van der Waals surface area contributed by atoms with E-state index in [-0.39, 0.29) is 0 Å². The number of benzene rings is 2. The lowest BCUT2D eigenvalue weighted by Crippen LogP contribution is -1.88. The second-order valence-corrected chi connectivity index (χ2v) is 4.97. The molecule has 0 aliphatic carbocycles. The first-order valence-corrected chi connectivity index (χ1v) is 6.51. The number of hydrogen-bond donors (Lipinski definition) is 0. The van der Waals surface area contributed by atoms with Gasteiger partial charge in [-0.15, -0.1) is 0 Å². The van der Waals surface area contributed by atoms with Crippen molar-refractivity contribution < 1.29 is 4.21 Å². The molecule has 0 heterocycles. The van der Waals surface area contributed by atoms with Crippen molar-refractivity contribution >= 4 is 28.8 Å². The summed E-state index contributed by atoms with van der Waals surface area (Å²) in [6.45, 7) is 0. The summed E-state index contributed by atoms with van der Waals surface area (Å²) in [4.78, 5) is 0.640. The predicted molar refractivity (Wildman–Crippen MR) is 71.9 cm³/mol. The van der Waals surface area contributed by atoms with E-state index in [0.717, 1.165) is 5.56 Å². The molecule has 2 aromatic rings. The largest absolute Gasteiger partial charge is 0.229 e. The van der Waals surface area contributed by atoms with Crippen molar-refractivity contribution in [3.05, 3.63) is 65.2 Å². The smallest absolute Gasteiger partial charge is 0.172 e. The van der Waals surface area contributed by atoms with Crippen LogP contribution in [0.4, 0.5) is 0 Å². The molecule has 1 atom stereocenters. The molecule has 2 aromatic carbocycles. The molecule has 2 rings (SSSR count). The average molecular weight is 264 g/mol. The summed E-state index contributed by atoms with van der Waals surface area (Å²) < 4.78 is 15.8. The van der Waals surface area contributed by atoms with Gasteiger partial charge in [-0.1, -0.05) is 41.9 Å². The van der Waals surface area contributed by atoms with Crippen LogP contribution in [0.3, 0.4) is 0 Å². The fraction of sp³-hybridized carbons (Fsp3) is 0. The van der Waals surface area contributed by atoms with Crippen molar-refractivity contribution in [1.82, 2.24) is 0 Å². The quantitative estimate of drug-likeness (QED) is 0.780. The standard InChI is InChI=1S/C13H10ClNOS/c14-12-6-8-13(9-7-12)17(16)15-10-11-4-2-1-3-5-11/h1-10H/t17-/m1/s1. The molecule has 0 spiro atoms. The van der Waals surface area contributed by atoms with Gasteiger partial charge in [-0.3, -0.25) is 0 Å². The Labute approximate surface area is 108 Å². The van der Waals surface area contributed by atoms with Gasteiger partial charge in [0.15, 0.2) is 11.0 Å². The Kier molecular flexibility index (Phi) is 4.07. The highest BCUT2D eigenvalue weighted by Crippen LogP contribution is 2.13. The molecule has 0 radical (unpaired) electrons. The Hall–Kier alpha value is -1.45. The fourth-order valence-corrected chi connectivity index (χ4v) is 2.09. The molecule has 0 N–H and O–H groups in total. The van der Waals surface area contributed by atoms with E-state index in [0.29, 0.717) is 9.92 Å². The molecular formula is C13H10ClNOS.